The molecule has 0 aliphatic heterocycles. The number of hydrogen-bond donors (Lipinski definition) is 3. The maximum atomic E-state index is 6.44. The molecule has 21 heavy (non-hydrogen) atoms. The molecule has 112 valence electrons. The molecule has 2 aromatic carbocycles. The first kappa shape index (κ1) is 15.7. The fourth-order valence-electron chi connectivity index (χ4n) is 2.54. The molecule has 0 aliphatic rings. The van der Waals surface area contributed by atoms with E-state index in [0.717, 1.165) is 19.4 Å². The average Bonchev–Trinajstić information content (AvgIpc) is 2.53. The van der Waals surface area contributed by atoms with Crippen LogP contribution in [0.25, 0.3) is 0 Å². The summed E-state index contributed by atoms with van der Waals surface area (Å²) in [6.07, 6.45) is 1.80. The Morgan fingerprint density at radius 2 is 1.33 bits per heavy atom. The maximum absolute atomic E-state index is 6.44. The van der Waals surface area contributed by atoms with Crippen LogP contribution in [0.1, 0.15) is 11.1 Å². The van der Waals surface area contributed by atoms with E-state index in [1.165, 1.54) is 11.1 Å². The molecule has 2 atom stereocenters. The molecule has 0 bridgehead atoms. The van der Waals surface area contributed by atoms with Gasteiger partial charge in [0.25, 0.3) is 0 Å². The van der Waals surface area contributed by atoms with E-state index >= 15 is 0 Å². The highest BCUT2D eigenvalue weighted by Crippen LogP contribution is 2.09. The van der Waals surface area contributed by atoms with Crippen LogP contribution >= 0.6 is 0 Å². The fraction of sp³-hybridized carbons (Fsp3) is 0.333. The second-order valence-electron chi connectivity index (χ2n) is 5.39. The van der Waals surface area contributed by atoms with Crippen LogP contribution in [0.2, 0.25) is 0 Å². The molecule has 0 saturated carbocycles. The van der Waals surface area contributed by atoms with E-state index in [1.54, 1.807) is 0 Å². The SMILES string of the molecule is NCCNC(Cc1ccccc1)C(N)Cc1ccccc1. The summed E-state index contributed by atoms with van der Waals surface area (Å²) in [6.45, 7) is 1.42. The average molecular weight is 283 g/mol. The van der Waals surface area contributed by atoms with Crippen molar-refractivity contribution in [3.8, 4) is 0 Å². The minimum Gasteiger partial charge on any atom is -0.329 e. The summed E-state index contributed by atoms with van der Waals surface area (Å²) < 4.78 is 0. The third kappa shape index (κ3) is 5.31. The van der Waals surface area contributed by atoms with Gasteiger partial charge in [0.05, 0.1) is 0 Å². The van der Waals surface area contributed by atoms with Crippen LogP contribution in [0.4, 0.5) is 0 Å². The minimum atomic E-state index is 0.0687. The van der Waals surface area contributed by atoms with Crippen LogP contribution in [0.5, 0.6) is 0 Å². The molecule has 2 unspecified atom stereocenters. The zero-order chi connectivity index (χ0) is 14.9. The highest BCUT2D eigenvalue weighted by atomic mass is 15.0. The Labute approximate surface area is 127 Å². The fourth-order valence-corrected chi connectivity index (χ4v) is 2.54. The normalized spacial score (nSPS) is 13.8. The smallest absolute Gasteiger partial charge is 0.0263 e. The molecule has 0 radical (unpaired) electrons. The first-order valence-electron chi connectivity index (χ1n) is 7.56. The lowest BCUT2D eigenvalue weighted by molar-refractivity contribution is 0.427. The second-order valence-corrected chi connectivity index (χ2v) is 5.39. The van der Waals surface area contributed by atoms with E-state index in [-0.39, 0.29) is 12.1 Å². The summed E-state index contributed by atoms with van der Waals surface area (Å²) >= 11 is 0. The van der Waals surface area contributed by atoms with Crippen molar-refractivity contribution in [2.75, 3.05) is 13.1 Å². The summed E-state index contributed by atoms with van der Waals surface area (Å²) in [4.78, 5) is 0. The van der Waals surface area contributed by atoms with E-state index in [0.29, 0.717) is 6.54 Å². The van der Waals surface area contributed by atoms with Crippen molar-refractivity contribution < 1.29 is 0 Å². The van der Waals surface area contributed by atoms with Gasteiger partial charge in [0.15, 0.2) is 0 Å². The molecule has 3 nitrogen and oxygen atoms in total. The van der Waals surface area contributed by atoms with E-state index in [1.807, 2.05) is 12.1 Å². The van der Waals surface area contributed by atoms with Crippen molar-refractivity contribution in [3.05, 3.63) is 71.8 Å². The molecule has 2 aromatic rings. The number of nitrogens with two attached hydrogens (primary N) is 2. The van der Waals surface area contributed by atoms with Crippen molar-refractivity contribution in [1.29, 1.82) is 0 Å². The van der Waals surface area contributed by atoms with Crippen molar-refractivity contribution in [3.63, 3.8) is 0 Å². The highest BCUT2D eigenvalue weighted by Gasteiger charge is 2.17. The van der Waals surface area contributed by atoms with Gasteiger partial charge in [-0.2, -0.15) is 0 Å². The predicted octanol–water partition coefficient (Wildman–Crippen LogP) is 1.72. The van der Waals surface area contributed by atoms with Gasteiger partial charge < -0.3 is 16.8 Å². The molecular weight excluding hydrogens is 258 g/mol. The molecule has 0 saturated heterocycles. The molecule has 0 spiro atoms. The van der Waals surface area contributed by atoms with Crippen LogP contribution in [-0.4, -0.2) is 25.2 Å². The van der Waals surface area contributed by atoms with Crippen LogP contribution in [-0.2, 0) is 12.8 Å². The number of rotatable bonds is 8. The first-order chi connectivity index (χ1) is 10.3. The summed E-state index contributed by atoms with van der Waals surface area (Å²) in [5, 5.41) is 3.49. The summed E-state index contributed by atoms with van der Waals surface area (Å²) in [6, 6.07) is 21.2. The van der Waals surface area contributed by atoms with Crippen molar-refractivity contribution in [2.24, 2.45) is 11.5 Å². The summed E-state index contributed by atoms with van der Waals surface area (Å²) in [7, 11) is 0. The van der Waals surface area contributed by atoms with Gasteiger partial charge in [-0.15, -0.1) is 0 Å². The quantitative estimate of drug-likeness (QED) is 0.691. The molecule has 0 fully saturated rings. The van der Waals surface area contributed by atoms with Gasteiger partial charge in [-0.05, 0) is 24.0 Å². The third-order valence-electron chi connectivity index (χ3n) is 3.68. The monoisotopic (exact) mass is 283 g/mol. The zero-order valence-corrected chi connectivity index (χ0v) is 12.4. The molecule has 0 aliphatic carbocycles. The Kier molecular flexibility index (Phi) is 6.41. The van der Waals surface area contributed by atoms with Crippen molar-refractivity contribution in [2.45, 2.75) is 24.9 Å². The molecule has 0 amide bonds. The zero-order valence-electron chi connectivity index (χ0n) is 12.4. The number of nitrogens with one attached hydrogen (secondary N) is 1. The van der Waals surface area contributed by atoms with Crippen molar-refractivity contribution in [1.82, 2.24) is 5.32 Å². The van der Waals surface area contributed by atoms with Crippen LogP contribution in [0.15, 0.2) is 60.7 Å². The standard InChI is InChI=1S/C18H25N3/c19-11-12-21-18(14-16-9-5-2-6-10-16)17(20)13-15-7-3-1-4-8-15/h1-10,17-18,21H,11-14,19-20H2. The Balaban J connectivity index is 2.00. The van der Waals surface area contributed by atoms with E-state index in [9.17, 15) is 0 Å². The van der Waals surface area contributed by atoms with Gasteiger partial charge in [0.2, 0.25) is 0 Å². The Bertz CT molecular complexity index is 498. The molecule has 5 N–H and O–H groups in total. The van der Waals surface area contributed by atoms with Gasteiger partial charge in [-0.25, -0.2) is 0 Å². The van der Waals surface area contributed by atoms with Gasteiger partial charge in [-0.3, -0.25) is 0 Å². The van der Waals surface area contributed by atoms with Crippen LogP contribution < -0.4 is 16.8 Å². The molecule has 0 heterocycles. The lowest BCUT2D eigenvalue weighted by atomic mass is 9.95. The Morgan fingerprint density at radius 1 is 0.810 bits per heavy atom. The molecule has 2 rings (SSSR count). The topological polar surface area (TPSA) is 64.1 Å². The van der Waals surface area contributed by atoms with Gasteiger partial charge in [0, 0.05) is 25.2 Å². The minimum absolute atomic E-state index is 0.0687. The second kappa shape index (κ2) is 8.57. The largest absolute Gasteiger partial charge is 0.329 e. The number of benzene rings is 2. The summed E-state index contributed by atoms with van der Waals surface area (Å²) in [5.41, 5.74) is 14.6. The summed E-state index contributed by atoms with van der Waals surface area (Å²) in [5.74, 6) is 0. The van der Waals surface area contributed by atoms with E-state index in [4.69, 9.17) is 11.5 Å². The van der Waals surface area contributed by atoms with Gasteiger partial charge in [0.1, 0.15) is 0 Å². The molecule has 3 heteroatoms. The van der Waals surface area contributed by atoms with Crippen molar-refractivity contribution >= 4 is 0 Å². The number of hydrogen-bond acceptors (Lipinski definition) is 3. The van der Waals surface area contributed by atoms with Crippen LogP contribution in [0.3, 0.4) is 0 Å². The van der Waals surface area contributed by atoms with Gasteiger partial charge >= 0.3 is 0 Å². The Hall–Kier alpha value is -1.68. The lowest BCUT2D eigenvalue weighted by Crippen LogP contribution is -2.49. The predicted molar refractivity (Wildman–Crippen MR) is 89.1 cm³/mol. The third-order valence-corrected chi connectivity index (χ3v) is 3.68. The highest BCUT2D eigenvalue weighted by molar-refractivity contribution is 5.19. The van der Waals surface area contributed by atoms with E-state index in [2.05, 4.69) is 53.8 Å². The Morgan fingerprint density at radius 3 is 1.86 bits per heavy atom. The van der Waals surface area contributed by atoms with Crippen LogP contribution in [0, 0.1) is 0 Å². The van der Waals surface area contributed by atoms with E-state index < -0.39 is 0 Å². The maximum Gasteiger partial charge on any atom is 0.0263 e. The lowest BCUT2D eigenvalue weighted by Gasteiger charge is -2.25. The molecular formula is C18H25N3. The van der Waals surface area contributed by atoms with Gasteiger partial charge in [-0.1, -0.05) is 60.7 Å². The first-order valence-corrected chi connectivity index (χ1v) is 7.56. The molecule has 0 aromatic heterocycles.